The molecule has 0 spiro atoms. The molecular weight excluding hydrogens is 240 g/mol. The molecule has 19 heavy (non-hydrogen) atoms. The van der Waals surface area contributed by atoms with E-state index in [1.165, 1.54) is 16.7 Å². The predicted octanol–water partition coefficient (Wildman–Crippen LogP) is 1.51. The van der Waals surface area contributed by atoms with Crippen LogP contribution in [-0.4, -0.2) is 17.9 Å². The monoisotopic (exact) mass is 260 g/mol. The first-order valence-corrected chi connectivity index (χ1v) is 6.61. The molecule has 1 aliphatic rings. The van der Waals surface area contributed by atoms with Gasteiger partial charge < -0.3 is 10.6 Å². The Balaban J connectivity index is 1.97. The highest BCUT2D eigenvalue weighted by atomic mass is 16.2. The van der Waals surface area contributed by atoms with Crippen LogP contribution in [0, 0.1) is 20.8 Å². The third-order valence-corrected chi connectivity index (χ3v) is 3.72. The van der Waals surface area contributed by atoms with Crippen molar-refractivity contribution in [3.05, 3.63) is 34.4 Å². The van der Waals surface area contributed by atoms with Gasteiger partial charge in [0.15, 0.2) is 0 Å². The Hall–Kier alpha value is -1.84. The average Bonchev–Trinajstić information content (AvgIpc) is 2.78. The molecule has 4 nitrogen and oxygen atoms in total. The van der Waals surface area contributed by atoms with Crippen molar-refractivity contribution < 1.29 is 9.59 Å². The molecule has 0 radical (unpaired) electrons. The Morgan fingerprint density at radius 2 is 1.95 bits per heavy atom. The summed E-state index contributed by atoms with van der Waals surface area (Å²) in [5.74, 6) is -0.133. The molecule has 1 aromatic carbocycles. The molecule has 1 aromatic rings. The maximum atomic E-state index is 11.9. The smallest absolute Gasteiger partial charge is 0.242 e. The first-order valence-electron chi connectivity index (χ1n) is 6.61. The van der Waals surface area contributed by atoms with Crippen molar-refractivity contribution >= 4 is 11.8 Å². The minimum absolute atomic E-state index is 0.0393. The molecule has 2 N–H and O–H groups in total. The summed E-state index contributed by atoms with van der Waals surface area (Å²) in [6.07, 6.45) is 1.04. The second kappa shape index (κ2) is 5.43. The molecule has 1 atom stereocenters. The largest absolute Gasteiger partial charge is 0.350 e. The number of rotatable bonds is 3. The van der Waals surface area contributed by atoms with E-state index in [-0.39, 0.29) is 17.9 Å². The van der Waals surface area contributed by atoms with Gasteiger partial charge in [0.05, 0.1) is 0 Å². The van der Waals surface area contributed by atoms with Crippen molar-refractivity contribution in [1.82, 2.24) is 10.6 Å². The first kappa shape index (κ1) is 13.6. The van der Waals surface area contributed by atoms with Crippen molar-refractivity contribution in [2.24, 2.45) is 0 Å². The lowest BCUT2D eigenvalue weighted by Crippen LogP contribution is -2.41. The van der Waals surface area contributed by atoms with Crippen LogP contribution in [0.1, 0.15) is 35.1 Å². The lowest BCUT2D eigenvalue weighted by Gasteiger charge is -2.13. The molecule has 102 valence electrons. The van der Waals surface area contributed by atoms with E-state index >= 15 is 0 Å². The predicted molar refractivity (Wildman–Crippen MR) is 73.7 cm³/mol. The Bertz CT molecular complexity index is 523. The summed E-state index contributed by atoms with van der Waals surface area (Å²) in [6.45, 7) is 6.71. The maximum Gasteiger partial charge on any atom is 0.242 e. The number of hydrogen-bond acceptors (Lipinski definition) is 2. The number of nitrogens with one attached hydrogen (secondary N) is 2. The van der Waals surface area contributed by atoms with Gasteiger partial charge in [-0.25, -0.2) is 0 Å². The third-order valence-electron chi connectivity index (χ3n) is 3.72. The molecule has 1 fully saturated rings. The zero-order valence-corrected chi connectivity index (χ0v) is 11.7. The van der Waals surface area contributed by atoms with E-state index in [0.29, 0.717) is 19.4 Å². The van der Waals surface area contributed by atoms with Gasteiger partial charge in [-0.15, -0.1) is 0 Å². The number of hydrogen-bond donors (Lipinski definition) is 2. The van der Waals surface area contributed by atoms with Crippen molar-refractivity contribution in [1.29, 1.82) is 0 Å². The SMILES string of the molecule is Cc1cc(C)c(CNC(=O)C2CCC(=O)N2)cc1C. The van der Waals surface area contributed by atoms with Crippen molar-refractivity contribution in [2.45, 2.75) is 46.2 Å². The molecule has 1 saturated heterocycles. The molecule has 1 heterocycles. The van der Waals surface area contributed by atoms with Gasteiger partial charge in [-0.2, -0.15) is 0 Å². The van der Waals surface area contributed by atoms with Crippen LogP contribution in [0.4, 0.5) is 0 Å². The van der Waals surface area contributed by atoms with E-state index in [1.54, 1.807) is 0 Å². The second-order valence-electron chi connectivity index (χ2n) is 5.24. The van der Waals surface area contributed by atoms with Gasteiger partial charge in [0.2, 0.25) is 11.8 Å². The summed E-state index contributed by atoms with van der Waals surface area (Å²) in [5.41, 5.74) is 4.79. The molecule has 4 heteroatoms. The van der Waals surface area contributed by atoms with E-state index in [1.807, 2.05) is 6.92 Å². The highest BCUT2D eigenvalue weighted by Gasteiger charge is 2.26. The average molecular weight is 260 g/mol. The van der Waals surface area contributed by atoms with Crippen molar-refractivity contribution in [3.8, 4) is 0 Å². The van der Waals surface area contributed by atoms with Gasteiger partial charge in [0.25, 0.3) is 0 Å². The van der Waals surface area contributed by atoms with Crippen LogP contribution < -0.4 is 10.6 Å². The summed E-state index contributed by atoms with van der Waals surface area (Å²) in [7, 11) is 0. The number of carbonyl (C=O) groups is 2. The third kappa shape index (κ3) is 3.13. The van der Waals surface area contributed by atoms with Crippen LogP contribution in [-0.2, 0) is 16.1 Å². The highest BCUT2D eigenvalue weighted by molar-refractivity contribution is 5.90. The van der Waals surface area contributed by atoms with Crippen LogP contribution in [0.5, 0.6) is 0 Å². The normalized spacial score (nSPS) is 18.3. The zero-order chi connectivity index (χ0) is 14.0. The zero-order valence-electron chi connectivity index (χ0n) is 11.7. The fourth-order valence-electron chi connectivity index (χ4n) is 2.33. The number of carbonyl (C=O) groups excluding carboxylic acids is 2. The second-order valence-corrected chi connectivity index (χ2v) is 5.24. The van der Waals surface area contributed by atoms with E-state index in [9.17, 15) is 9.59 Å². The van der Waals surface area contributed by atoms with Crippen molar-refractivity contribution in [2.75, 3.05) is 0 Å². The lowest BCUT2D eigenvalue weighted by atomic mass is 10.0. The molecule has 1 unspecified atom stereocenters. The summed E-state index contributed by atoms with van der Waals surface area (Å²) in [4.78, 5) is 23.0. The number of aryl methyl sites for hydroxylation is 3. The molecule has 0 saturated carbocycles. The van der Waals surface area contributed by atoms with Gasteiger partial charge in [0.1, 0.15) is 6.04 Å². The van der Waals surface area contributed by atoms with Crippen LogP contribution in [0.2, 0.25) is 0 Å². The Kier molecular flexibility index (Phi) is 3.88. The molecule has 0 bridgehead atoms. The summed E-state index contributed by atoms with van der Waals surface area (Å²) >= 11 is 0. The van der Waals surface area contributed by atoms with E-state index in [4.69, 9.17) is 0 Å². The van der Waals surface area contributed by atoms with Crippen LogP contribution in [0.25, 0.3) is 0 Å². The van der Waals surface area contributed by atoms with Crippen molar-refractivity contribution in [3.63, 3.8) is 0 Å². The number of amides is 2. The van der Waals surface area contributed by atoms with Crippen LogP contribution >= 0.6 is 0 Å². The topological polar surface area (TPSA) is 58.2 Å². The molecule has 0 aliphatic carbocycles. The summed E-state index contributed by atoms with van der Waals surface area (Å²) < 4.78 is 0. The highest BCUT2D eigenvalue weighted by Crippen LogP contribution is 2.15. The Morgan fingerprint density at radius 3 is 2.58 bits per heavy atom. The van der Waals surface area contributed by atoms with E-state index < -0.39 is 0 Å². The van der Waals surface area contributed by atoms with Gasteiger partial charge in [-0.05, 0) is 49.4 Å². The number of benzene rings is 1. The Labute approximate surface area is 113 Å². The lowest BCUT2D eigenvalue weighted by molar-refractivity contribution is -0.125. The molecule has 1 aliphatic heterocycles. The molecule has 2 amide bonds. The van der Waals surface area contributed by atoms with E-state index in [2.05, 4.69) is 36.6 Å². The molecule has 0 aromatic heterocycles. The minimum atomic E-state index is -0.362. The summed E-state index contributed by atoms with van der Waals surface area (Å²) in [6, 6.07) is 3.88. The van der Waals surface area contributed by atoms with Gasteiger partial charge in [0, 0.05) is 13.0 Å². The first-order chi connectivity index (χ1) is 8.97. The summed E-state index contributed by atoms with van der Waals surface area (Å²) in [5, 5.41) is 5.57. The maximum absolute atomic E-state index is 11.9. The quantitative estimate of drug-likeness (QED) is 0.865. The Morgan fingerprint density at radius 1 is 1.26 bits per heavy atom. The fraction of sp³-hybridized carbons (Fsp3) is 0.467. The molecular formula is C15H20N2O2. The minimum Gasteiger partial charge on any atom is -0.350 e. The molecule has 2 rings (SSSR count). The van der Waals surface area contributed by atoms with Gasteiger partial charge >= 0.3 is 0 Å². The van der Waals surface area contributed by atoms with E-state index in [0.717, 1.165) is 5.56 Å². The van der Waals surface area contributed by atoms with Gasteiger partial charge in [-0.1, -0.05) is 12.1 Å². The van der Waals surface area contributed by atoms with Crippen LogP contribution in [0.3, 0.4) is 0 Å². The standard InChI is InChI=1S/C15H20N2O2/c1-9-6-11(3)12(7-10(9)2)8-16-15(19)13-4-5-14(18)17-13/h6-7,13H,4-5,8H2,1-3H3,(H,16,19)(H,17,18). The van der Waals surface area contributed by atoms with Gasteiger partial charge in [-0.3, -0.25) is 9.59 Å². The van der Waals surface area contributed by atoms with Crippen LogP contribution in [0.15, 0.2) is 12.1 Å². The fourth-order valence-corrected chi connectivity index (χ4v) is 2.33.